The van der Waals surface area contributed by atoms with E-state index in [1.807, 2.05) is 121 Å². The number of carbonyl (C=O) groups excluding carboxylic acids is 2. The second-order valence-corrected chi connectivity index (χ2v) is 15.9. The lowest BCUT2D eigenvalue weighted by Gasteiger charge is -2.31. The van der Waals surface area contributed by atoms with E-state index >= 15 is 0 Å². The molecule has 3 aliphatic carbocycles. The monoisotopic (exact) mass is 734 g/mol. The van der Waals surface area contributed by atoms with Crippen molar-refractivity contribution in [3.05, 3.63) is 136 Å². The second-order valence-electron chi connectivity index (χ2n) is 13.1. The van der Waals surface area contributed by atoms with Gasteiger partial charge in [-0.2, -0.15) is 0 Å². The molecule has 2 unspecified atom stereocenters. The molecule has 9 aromatic rings. The largest absolute Gasteiger partial charge is 0.507 e. The standard InChI is InChI=1S/C21H12N2O2S3.C20H14N2O2/c24-17-15(22-11-3-1-2-10(11)19-12(22)4-7-26-19)18(25)16(17)23-13-5-8-27-20(13)21-14(23)6-9-28-21;23-19-17(21-11-9-13-5-1-3-7-15(13)21)20(24)18(19)22-12-10-14-6-2-4-8-16(14)22/h1,3-9,16,24H,2H2;1-12,17,23H. The minimum absolute atomic E-state index is 0.0279. The average Bonchev–Trinajstić information content (AvgIpc) is 4.01. The van der Waals surface area contributed by atoms with Crippen molar-refractivity contribution in [3.63, 3.8) is 0 Å². The van der Waals surface area contributed by atoms with Crippen LogP contribution in [0.1, 0.15) is 23.3 Å². The summed E-state index contributed by atoms with van der Waals surface area (Å²) in [6.07, 6.45) is 8.75. The molecule has 0 aliphatic heterocycles. The summed E-state index contributed by atoms with van der Waals surface area (Å²) in [4.78, 5) is 26.2. The number of rotatable bonds is 4. The molecule has 11 heteroatoms. The number of thiophene rings is 3. The summed E-state index contributed by atoms with van der Waals surface area (Å²) in [5, 5.41) is 30.0. The summed E-state index contributed by atoms with van der Waals surface area (Å²) in [7, 11) is 0. The third-order valence-corrected chi connectivity index (χ3v) is 13.5. The number of hydrogen-bond donors (Lipinski definition) is 2. The molecule has 2 N–H and O–H groups in total. The molecule has 12 rings (SSSR count). The van der Waals surface area contributed by atoms with Crippen molar-refractivity contribution < 1.29 is 19.8 Å². The van der Waals surface area contributed by atoms with Crippen LogP contribution in [0, 0.1) is 0 Å². The number of allylic oxidation sites excluding steroid dienone is 5. The lowest BCUT2D eigenvalue weighted by Crippen LogP contribution is -2.35. The van der Waals surface area contributed by atoms with Crippen molar-refractivity contribution in [1.29, 1.82) is 0 Å². The molecule has 8 nitrogen and oxygen atoms in total. The van der Waals surface area contributed by atoms with Gasteiger partial charge in [-0.1, -0.05) is 42.5 Å². The minimum Gasteiger partial charge on any atom is -0.507 e. The molecule has 52 heavy (non-hydrogen) atoms. The van der Waals surface area contributed by atoms with Gasteiger partial charge in [0.1, 0.15) is 11.4 Å². The fourth-order valence-corrected chi connectivity index (χ4v) is 11.1. The Kier molecular flexibility index (Phi) is 6.20. The topological polar surface area (TPSA) is 94.3 Å². The quantitative estimate of drug-likeness (QED) is 0.188. The Hall–Kier alpha value is -5.88. The van der Waals surface area contributed by atoms with E-state index in [2.05, 4.69) is 12.2 Å². The number of Topliss-reactive ketones (excluding diaryl/α,β-unsaturated/α-hetero) is 2. The van der Waals surface area contributed by atoms with Crippen molar-refractivity contribution >= 4 is 116 Å². The Morgan fingerprint density at radius 1 is 0.596 bits per heavy atom. The third kappa shape index (κ3) is 3.84. The predicted molar refractivity (Wildman–Crippen MR) is 211 cm³/mol. The molecule has 2 aromatic carbocycles. The van der Waals surface area contributed by atoms with Crippen LogP contribution in [0.4, 0.5) is 0 Å². The number of carbonyl (C=O) groups is 2. The highest BCUT2D eigenvalue weighted by atomic mass is 32.1. The Morgan fingerprint density at radius 2 is 1.19 bits per heavy atom. The Morgan fingerprint density at radius 3 is 1.90 bits per heavy atom. The van der Waals surface area contributed by atoms with Gasteiger partial charge in [0.05, 0.1) is 41.9 Å². The maximum atomic E-state index is 13.4. The summed E-state index contributed by atoms with van der Waals surface area (Å²) < 4.78 is 11.1. The highest BCUT2D eigenvalue weighted by Gasteiger charge is 2.45. The van der Waals surface area contributed by atoms with E-state index in [9.17, 15) is 19.8 Å². The van der Waals surface area contributed by atoms with Gasteiger partial charge in [-0.3, -0.25) is 9.59 Å². The zero-order valence-electron chi connectivity index (χ0n) is 27.1. The third-order valence-electron chi connectivity index (χ3n) is 10.5. The molecule has 7 aromatic heterocycles. The van der Waals surface area contributed by atoms with Crippen LogP contribution in [-0.4, -0.2) is 40.0 Å². The summed E-state index contributed by atoms with van der Waals surface area (Å²) in [5.41, 5.74) is 7.99. The maximum Gasteiger partial charge on any atom is 0.213 e. The van der Waals surface area contributed by atoms with Crippen LogP contribution >= 0.6 is 34.0 Å². The van der Waals surface area contributed by atoms with Crippen LogP contribution in [0.5, 0.6) is 0 Å². The smallest absolute Gasteiger partial charge is 0.213 e. The van der Waals surface area contributed by atoms with Crippen LogP contribution < -0.4 is 0 Å². The van der Waals surface area contributed by atoms with Crippen molar-refractivity contribution in [2.24, 2.45) is 0 Å². The lowest BCUT2D eigenvalue weighted by atomic mass is 9.93. The van der Waals surface area contributed by atoms with Crippen molar-refractivity contribution in [1.82, 2.24) is 18.3 Å². The van der Waals surface area contributed by atoms with Crippen molar-refractivity contribution in [2.45, 2.75) is 18.5 Å². The predicted octanol–water partition coefficient (Wildman–Crippen LogP) is 10.2. The van der Waals surface area contributed by atoms with E-state index in [1.165, 1.54) is 19.7 Å². The number of hydrogen-bond acceptors (Lipinski definition) is 7. The fraction of sp³-hybridized carbons (Fsp3) is 0.0732. The van der Waals surface area contributed by atoms with Gasteiger partial charge in [0, 0.05) is 17.9 Å². The molecule has 0 amide bonds. The van der Waals surface area contributed by atoms with Crippen LogP contribution in [-0.2, 0) is 16.0 Å². The summed E-state index contributed by atoms with van der Waals surface area (Å²) in [5.74, 6) is 0.171. The summed E-state index contributed by atoms with van der Waals surface area (Å²) >= 11 is 5.06. The van der Waals surface area contributed by atoms with Crippen LogP contribution in [0.2, 0.25) is 0 Å². The van der Waals surface area contributed by atoms with E-state index < -0.39 is 12.1 Å². The highest BCUT2D eigenvalue weighted by Crippen LogP contribution is 2.48. The van der Waals surface area contributed by atoms with E-state index in [0.29, 0.717) is 11.4 Å². The van der Waals surface area contributed by atoms with E-state index in [-0.39, 0.29) is 23.1 Å². The first kappa shape index (κ1) is 29.8. The molecule has 252 valence electrons. The second kappa shape index (κ2) is 10.8. The number of aromatic nitrogens is 4. The molecule has 2 atom stereocenters. The summed E-state index contributed by atoms with van der Waals surface area (Å²) in [6, 6.07) is 24.4. The number of aliphatic hydroxyl groups excluding tert-OH is 2. The van der Waals surface area contributed by atoms with E-state index in [1.54, 1.807) is 38.6 Å². The Labute approximate surface area is 306 Å². The number of ketones is 2. The number of para-hydroxylation sites is 2. The van der Waals surface area contributed by atoms with Gasteiger partial charge < -0.3 is 28.5 Å². The lowest BCUT2D eigenvalue weighted by molar-refractivity contribution is -0.119. The molecular weight excluding hydrogens is 709 g/mol. The van der Waals surface area contributed by atoms with Crippen molar-refractivity contribution in [2.75, 3.05) is 0 Å². The van der Waals surface area contributed by atoms with Crippen LogP contribution in [0.15, 0.2) is 125 Å². The molecule has 0 bridgehead atoms. The van der Waals surface area contributed by atoms with Crippen LogP contribution in [0.25, 0.3) is 69.9 Å². The van der Waals surface area contributed by atoms with Gasteiger partial charge in [0.15, 0.2) is 23.6 Å². The van der Waals surface area contributed by atoms with Gasteiger partial charge in [0.2, 0.25) is 11.6 Å². The van der Waals surface area contributed by atoms with Gasteiger partial charge in [-0.15, -0.1) is 34.0 Å². The van der Waals surface area contributed by atoms with Crippen LogP contribution in [0.3, 0.4) is 0 Å². The summed E-state index contributed by atoms with van der Waals surface area (Å²) in [6.45, 7) is 0. The van der Waals surface area contributed by atoms with E-state index in [0.717, 1.165) is 50.5 Å². The fourth-order valence-electron chi connectivity index (χ4n) is 8.15. The van der Waals surface area contributed by atoms with Gasteiger partial charge in [0.25, 0.3) is 0 Å². The number of nitrogens with zero attached hydrogens (tertiary/aromatic N) is 4. The first-order chi connectivity index (χ1) is 25.5. The normalized spacial score (nSPS) is 18.3. The van der Waals surface area contributed by atoms with Gasteiger partial charge in [-0.25, -0.2) is 0 Å². The molecule has 7 heterocycles. The van der Waals surface area contributed by atoms with E-state index in [4.69, 9.17) is 0 Å². The SMILES string of the molecule is O=C1C(n2c3c(c4sccc42)CC=C3)=C(O)C1n1c2ccsc2c2sccc21.O=C1C(n2ccc3ccccc32)=C(O)C1n1ccc2ccccc21. The number of benzene rings is 2. The zero-order chi connectivity index (χ0) is 34.8. The molecule has 0 fully saturated rings. The Balaban J connectivity index is 0.000000125. The zero-order valence-corrected chi connectivity index (χ0v) is 29.6. The van der Waals surface area contributed by atoms with Gasteiger partial charge >= 0.3 is 0 Å². The highest BCUT2D eigenvalue weighted by molar-refractivity contribution is 7.25. The first-order valence-corrected chi connectivity index (χ1v) is 19.4. The molecule has 0 saturated carbocycles. The molecule has 0 saturated heterocycles. The Bertz CT molecular complexity index is 3050. The number of aliphatic hydroxyl groups is 2. The molecular formula is C41H26N4O4S3. The molecule has 0 spiro atoms. The first-order valence-electron chi connectivity index (χ1n) is 16.8. The minimum atomic E-state index is -0.642. The average molecular weight is 735 g/mol. The molecule has 3 aliphatic rings. The number of fused-ring (bicyclic) bond motifs is 8. The van der Waals surface area contributed by atoms with Crippen molar-refractivity contribution in [3.8, 4) is 0 Å². The molecule has 0 radical (unpaired) electrons. The maximum absolute atomic E-state index is 13.4. The van der Waals surface area contributed by atoms with Gasteiger partial charge in [-0.05, 0) is 87.4 Å².